The lowest BCUT2D eigenvalue weighted by Gasteiger charge is -2.43. The average molecular weight is 401 g/mol. The van der Waals surface area contributed by atoms with Gasteiger partial charge in [0.05, 0.1) is 19.1 Å². The van der Waals surface area contributed by atoms with Crippen molar-refractivity contribution in [2.45, 2.75) is 51.7 Å². The monoisotopic (exact) mass is 400 g/mol. The van der Waals surface area contributed by atoms with Gasteiger partial charge in [0.1, 0.15) is 0 Å². The zero-order valence-corrected chi connectivity index (χ0v) is 18.4. The fraction of sp³-hybridized carbons (Fsp3) is 0.435. The van der Waals surface area contributed by atoms with E-state index in [0.29, 0.717) is 19.6 Å². The molecule has 5 heteroatoms. The van der Waals surface area contributed by atoms with E-state index in [9.17, 15) is 9.90 Å². The SMILES string of the molecule is CCOC(=O)C[C@@H](O)CCO[Si](c1ccccc1)(c1ccccc1)C(C)(C)C. The van der Waals surface area contributed by atoms with Crippen LogP contribution in [0.4, 0.5) is 0 Å². The molecule has 0 aromatic heterocycles. The Bertz CT molecular complexity index is 686. The molecule has 152 valence electrons. The van der Waals surface area contributed by atoms with Gasteiger partial charge < -0.3 is 14.3 Å². The standard InChI is InChI=1S/C23H32O4Si/c1-5-26-22(25)18-19(24)16-17-27-28(23(2,3)4,20-12-8-6-9-13-20)21-14-10-7-11-15-21/h6-15,19,24H,5,16-18H2,1-4H3/t19-/m0/s1. The van der Waals surface area contributed by atoms with Gasteiger partial charge in [-0.25, -0.2) is 0 Å². The molecule has 0 unspecified atom stereocenters. The molecule has 2 rings (SSSR count). The fourth-order valence-electron chi connectivity index (χ4n) is 3.62. The van der Waals surface area contributed by atoms with Crippen LogP contribution in [-0.4, -0.2) is 38.7 Å². The summed E-state index contributed by atoms with van der Waals surface area (Å²) < 4.78 is 11.6. The summed E-state index contributed by atoms with van der Waals surface area (Å²) in [5, 5.41) is 12.5. The minimum Gasteiger partial charge on any atom is -0.466 e. The van der Waals surface area contributed by atoms with E-state index in [1.165, 1.54) is 10.4 Å². The molecule has 1 N–H and O–H groups in total. The van der Waals surface area contributed by atoms with Gasteiger partial charge in [-0.3, -0.25) is 4.79 Å². The van der Waals surface area contributed by atoms with Crippen LogP contribution in [0.15, 0.2) is 60.7 Å². The zero-order chi connectivity index (χ0) is 20.6. The summed E-state index contributed by atoms with van der Waals surface area (Å²) >= 11 is 0. The highest BCUT2D eigenvalue weighted by Gasteiger charge is 2.50. The number of hydrogen-bond acceptors (Lipinski definition) is 4. The molecule has 0 saturated carbocycles. The lowest BCUT2D eigenvalue weighted by molar-refractivity contribution is -0.145. The van der Waals surface area contributed by atoms with E-state index in [2.05, 4.69) is 45.0 Å². The number of rotatable bonds is 9. The number of esters is 1. The number of carbonyl (C=O) groups excluding carboxylic acids is 1. The van der Waals surface area contributed by atoms with Gasteiger partial charge >= 0.3 is 5.97 Å². The van der Waals surface area contributed by atoms with E-state index in [4.69, 9.17) is 9.16 Å². The number of aliphatic hydroxyl groups excluding tert-OH is 1. The average Bonchev–Trinajstić information content (AvgIpc) is 2.66. The first-order chi connectivity index (χ1) is 13.3. The maximum Gasteiger partial charge on any atom is 0.308 e. The Hall–Kier alpha value is -1.95. The molecule has 4 nitrogen and oxygen atoms in total. The molecule has 0 aliphatic heterocycles. The van der Waals surface area contributed by atoms with Gasteiger partial charge in [-0.05, 0) is 28.8 Å². The van der Waals surface area contributed by atoms with Crippen molar-refractivity contribution in [2.75, 3.05) is 13.2 Å². The molecule has 0 heterocycles. The van der Waals surface area contributed by atoms with Crippen molar-refractivity contribution in [3.8, 4) is 0 Å². The van der Waals surface area contributed by atoms with E-state index in [1.54, 1.807) is 6.92 Å². The minimum atomic E-state index is -2.60. The third-order valence-electron chi connectivity index (χ3n) is 4.89. The van der Waals surface area contributed by atoms with E-state index in [1.807, 2.05) is 36.4 Å². The molecule has 2 aromatic rings. The predicted molar refractivity (Wildman–Crippen MR) is 115 cm³/mol. The quantitative estimate of drug-likeness (QED) is 0.518. The molecule has 0 radical (unpaired) electrons. The lowest BCUT2D eigenvalue weighted by atomic mass is 10.2. The van der Waals surface area contributed by atoms with Crippen molar-refractivity contribution < 1.29 is 19.1 Å². The van der Waals surface area contributed by atoms with Crippen LogP contribution in [0.5, 0.6) is 0 Å². The van der Waals surface area contributed by atoms with Gasteiger partial charge in [-0.15, -0.1) is 0 Å². The Morgan fingerprint density at radius 2 is 1.50 bits per heavy atom. The molecule has 0 aliphatic rings. The molecular formula is C23H32O4Si. The highest BCUT2D eigenvalue weighted by molar-refractivity contribution is 6.99. The van der Waals surface area contributed by atoms with Crippen LogP contribution in [0, 0.1) is 0 Å². The minimum absolute atomic E-state index is 0.00204. The topological polar surface area (TPSA) is 55.8 Å². The molecule has 0 fully saturated rings. The molecule has 0 bridgehead atoms. The van der Waals surface area contributed by atoms with Crippen molar-refractivity contribution in [1.82, 2.24) is 0 Å². The van der Waals surface area contributed by atoms with Crippen LogP contribution >= 0.6 is 0 Å². The largest absolute Gasteiger partial charge is 0.466 e. The van der Waals surface area contributed by atoms with Gasteiger partial charge in [0.2, 0.25) is 0 Å². The summed E-state index contributed by atoms with van der Waals surface area (Å²) in [5.41, 5.74) is 0. The first-order valence-electron chi connectivity index (χ1n) is 9.90. The normalized spacial score (nSPS) is 13.2. The Morgan fingerprint density at radius 1 is 1.00 bits per heavy atom. The molecule has 1 atom stereocenters. The smallest absolute Gasteiger partial charge is 0.308 e. The Labute approximate surface area is 169 Å². The molecule has 0 aliphatic carbocycles. The highest BCUT2D eigenvalue weighted by atomic mass is 28.4. The number of ether oxygens (including phenoxy) is 1. The summed E-state index contributed by atoms with van der Waals surface area (Å²) in [5.74, 6) is -0.375. The molecule has 0 amide bonds. The summed E-state index contributed by atoms with van der Waals surface area (Å²) in [6.07, 6.45) is -0.376. The van der Waals surface area contributed by atoms with Gasteiger partial charge in [0, 0.05) is 6.61 Å². The third-order valence-corrected chi connectivity index (χ3v) is 9.94. The summed E-state index contributed by atoms with van der Waals surface area (Å²) in [4.78, 5) is 11.6. The summed E-state index contributed by atoms with van der Waals surface area (Å²) in [6, 6.07) is 20.8. The van der Waals surface area contributed by atoms with Gasteiger partial charge in [-0.1, -0.05) is 81.4 Å². The van der Waals surface area contributed by atoms with Crippen molar-refractivity contribution in [3.63, 3.8) is 0 Å². The van der Waals surface area contributed by atoms with Crippen molar-refractivity contribution in [3.05, 3.63) is 60.7 Å². The van der Waals surface area contributed by atoms with Crippen LogP contribution in [-0.2, 0) is 14.0 Å². The lowest BCUT2D eigenvalue weighted by Crippen LogP contribution is -2.66. The van der Waals surface area contributed by atoms with Crippen LogP contribution in [0.2, 0.25) is 5.04 Å². The zero-order valence-electron chi connectivity index (χ0n) is 17.4. The van der Waals surface area contributed by atoms with E-state index in [0.717, 1.165) is 0 Å². The van der Waals surface area contributed by atoms with Crippen molar-refractivity contribution in [2.24, 2.45) is 0 Å². The fourth-order valence-corrected chi connectivity index (χ4v) is 8.20. The first-order valence-corrected chi connectivity index (χ1v) is 11.8. The second kappa shape index (κ2) is 10.0. The van der Waals surface area contributed by atoms with Crippen molar-refractivity contribution in [1.29, 1.82) is 0 Å². The van der Waals surface area contributed by atoms with Crippen LogP contribution < -0.4 is 10.4 Å². The first kappa shape index (κ1) is 22.3. The van der Waals surface area contributed by atoms with E-state index >= 15 is 0 Å². The van der Waals surface area contributed by atoms with Crippen LogP contribution in [0.1, 0.15) is 40.5 Å². The second-order valence-corrected chi connectivity index (χ2v) is 12.3. The number of carbonyl (C=O) groups is 1. The van der Waals surface area contributed by atoms with E-state index in [-0.39, 0.29) is 17.4 Å². The van der Waals surface area contributed by atoms with Crippen LogP contribution in [0.25, 0.3) is 0 Å². The van der Waals surface area contributed by atoms with Crippen molar-refractivity contribution >= 4 is 24.7 Å². The predicted octanol–water partition coefficient (Wildman–Crippen LogP) is 3.27. The molecule has 28 heavy (non-hydrogen) atoms. The third kappa shape index (κ3) is 5.31. The second-order valence-electron chi connectivity index (χ2n) is 7.96. The molecule has 0 saturated heterocycles. The van der Waals surface area contributed by atoms with Gasteiger partial charge in [0.15, 0.2) is 0 Å². The Balaban J connectivity index is 2.28. The highest BCUT2D eigenvalue weighted by Crippen LogP contribution is 2.36. The van der Waals surface area contributed by atoms with Gasteiger partial charge in [0.25, 0.3) is 8.32 Å². The summed E-state index contributed by atoms with van der Waals surface area (Å²) in [6.45, 7) is 9.12. The maximum atomic E-state index is 11.6. The summed E-state index contributed by atoms with van der Waals surface area (Å²) in [7, 11) is -2.60. The number of benzene rings is 2. The molecular weight excluding hydrogens is 368 g/mol. The number of hydrogen-bond donors (Lipinski definition) is 1. The number of aliphatic hydroxyl groups is 1. The van der Waals surface area contributed by atoms with E-state index < -0.39 is 14.4 Å². The molecule has 0 spiro atoms. The van der Waals surface area contributed by atoms with Crippen LogP contribution in [0.3, 0.4) is 0 Å². The Kier molecular flexibility index (Phi) is 7.98. The van der Waals surface area contributed by atoms with Gasteiger partial charge in [-0.2, -0.15) is 0 Å². The Morgan fingerprint density at radius 3 is 1.93 bits per heavy atom. The maximum absolute atomic E-state index is 11.6. The molecule has 2 aromatic carbocycles.